The fourth-order valence-corrected chi connectivity index (χ4v) is 3.07. The summed E-state index contributed by atoms with van der Waals surface area (Å²) < 4.78 is 11.0. The Kier molecular flexibility index (Phi) is 6.69. The Hall–Kier alpha value is -2.47. The maximum Gasteiger partial charge on any atom is 0.334 e. The third-order valence-electron chi connectivity index (χ3n) is 4.74. The summed E-state index contributed by atoms with van der Waals surface area (Å²) >= 11 is 0. The largest absolute Gasteiger partial charge is 0.458 e. The van der Waals surface area contributed by atoms with Gasteiger partial charge in [0.1, 0.15) is 18.5 Å². The van der Waals surface area contributed by atoms with Crippen LogP contribution in [0.1, 0.15) is 33.1 Å². The van der Waals surface area contributed by atoms with Gasteiger partial charge in [-0.25, -0.2) is 9.59 Å². The van der Waals surface area contributed by atoms with Gasteiger partial charge in [-0.15, -0.1) is 0 Å². The lowest BCUT2D eigenvalue weighted by atomic mass is 9.85. The van der Waals surface area contributed by atoms with Crippen LogP contribution >= 0.6 is 0 Å². The monoisotopic (exact) mass is 360 g/mol. The first kappa shape index (κ1) is 19.8. The fourth-order valence-electron chi connectivity index (χ4n) is 3.07. The lowest BCUT2D eigenvalue weighted by molar-refractivity contribution is -0.147. The molecule has 0 bridgehead atoms. The van der Waals surface area contributed by atoms with Gasteiger partial charge in [0.15, 0.2) is 0 Å². The first-order valence-electron chi connectivity index (χ1n) is 8.59. The molecular weight excluding hydrogens is 336 g/mol. The van der Waals surface area contributed by atoms with Gasteiger partial charge in [-0.05, 0) is 43.9 Å². The summed E-state index contributed by atoms with van der Waals surface area (Å²) in [5, 5.41) is 9.55. The molecule has 0 radical (unpaired) electrons. The van der Waals surface area contributed by atoms with Gasteiger partial charge in [-0.2, -0.15) is 0 Å². The van der Waals surface area contributed by atoms with Crippen molar-refractivity contribution in [2.75, 3.05) is 6.61 Å². The molecular formula is C20H24O6. The van der Waals surface area contributed by atoms with E-state index in [0.29, 0.717) is 29.6 Å². The second-order valence-electron chi connectivity index (χ2n) is 6.46. The molecule has 3 atom stereocenters. The molecule has 0 saturated carbocycles. The van der Waals surface area contributed by atoms with Gasteiger partial charge in [0.05, 0.1) is 12.5 Å². The van der Waals surface area contributed by atoms with E-state index in [2.05, 4.69) is 6.58 Å². The number of aldehydes is 1. The first-order valence-corrected chi connectivity index (χ1v) is 8.59. The first-order chi connectivity index (χ1) is 12.4. The molecule has 0 aromatic rings. The highest BCUT2D eigenvalue weighted by Crippen LogP contribution is 2.36. The highest BCUT2D eigenvalue weighted by atomic mass is 16.6. The molecule has 1 N–H and O–H groups in total. The Morgan fingerprint density at radius 2 is 2.23 bits per heavy atom. The fraction of sp³-hybridized carbons (Fsp3) is 0.450. The van der Waals surface area contributed by atoms with Crippen LogP contribution in [0.2, 0.25) is 0 Å². The average molecular weight is 360 g/mol. The molecule has 2 aliphatic rings. The molecule has 26 heavy (non-hydrogen) atoms. The van der Waals surface area contributed by atoms with Crippen molar-refractivity contribution in [1.82, 2.24) is 0 Å². The van der Waals surface area contributed by atoms with Crippen molar-refractivity contribution in [2.45, 2.75) is 45.3 Å². The zero-order chi connectivity index (χ0) is 19.3. The van der Waals surface area contributed by atoms with Crippen molar-refractivity contribution in [3.63, 3.8) is 0 Å². The number of hydrogen-bond acceptors (Lipinski definition) is 6. The van der Waals surface area contributed by atoms with Crippen molar-refractivity contribution in [2.24, 2.45) is 5.92 Å². The molecule has 0 amide bonds. The van der Waals surface area contributed by atoms with Crippen molar-refractivity contribution >= 4 is 18.2 Å². The number of allylic oxidation sites excluding steroid dienone is 2. The Morgan fingerprint density at radius 3 is 2.85 bits per heavy atom. The van der Waals surface area contributed by atoms with E-state index in [0.717, 1.165) is 6.29 Å². The summed E-state index contributed by atoms with van der Waals surface area (Å²) in [5.41, 5.74) is 1.80. The second-order valence-corrected chi connectivity index (χ2v) is 6.46. The summed E-state index contributed by atoms with van der Waals surface area (Å²) in [6.07, 6.45) is 5.63. The van der Waals surface area contributed by atoms with Gasteiger partial charge >= 0.3 is 11.9 Å². The number of carbonyl (C=O) groups is 3. The molecule has 0 unspecified atom stereocenters. The third-order valence-corrected chi connectivity index (χ3v) is 4.74. The molecule has 1 fully saturated rings. The van der Waals surface area contributed by atoms with Crippen LogP contribution in [-0.2, 0) is 23.9 Å². The van der Waals surface area contributed by atoms with E-state index in [1.807, 2.05) is 0 Å². The van der Waals surface area contributed by atoms with Crippen molar-refractivity contribution in [1.29, 1.82) is 0 Å². The maximum atomic E-state index is 12.3. The molecule has 0 spiro atoms. The van der Waals surface area contributed by atoms with Gasteiger partial charge < -0.3 is 14.6 Å². The van der Waals surface area contributed by atoms with E-state index in [1.54, 1.807) is 32.1 Å². The summed E-state index contributed by atoms with van der Waals surface area (Å²) in [4.78, 5) is 35.8. The van der Waals surface area contributed by atoms with Crippen LogP contribution in [0.25, 0.3) is 0 Å². The number of aliphatic hydroxyl groups excluding tert-OH is 1. The highest BCUT2D eigenvalue weighted by Gasteiger charge is 2.44. The third kappa shape index (κ3) is 4.38. The average Bonchev–Trinajstić information content (AvgIpc) is 2.91. The Labute approximate surface area is 152 Å². The molecule has 140 valence electrons. The van der Waals surface area contributed by atoms with E-state index in [9.17, 15) is 19.5 Å². The van der Waals surface area contributed by atoms with E-state index in [1.165, 1.54) is 0 Å². The predicted octanol–water partition coefficient (Wildman–Crippen LogP) is 2.19. The van der Waals surface area contributed by atoms with Crippen LogP contribution in [0.3, 0.4) is 0 Å². The standard InChI is InChI=1S/C20H24O6/c1-4-12(2)19(23)25-16-8-14(10-21)6-5-7-15(11-22)9-17-18(16)13(3)20(24)26-17/h4,6,9-10,16-18,22H,3,5,7-8,11H2,1-2H3/b12-4+,14-6+,15-9+/t16-,17+,18+/m0/s1. The van der Waals surface area contributed by atoms with E-state index in [-0.39, 0.29) is 18.6 Å². The minimum atomic E-state index is -0.771. The topological polar surface area (TPSA) is 89.9 Å². The zero-order valence-corrected chi connectivity index (χ0v) is 15.1. The SMILES string of the molecule is C=C1C(=O)O[C@@H]2/C=C(/CO)CC/C=C(/C=O)C[C@H](OC(=O)/C(C)=C/C)[C@@H]12. The lowest BCUT2D eigenvalue weighted by Gasteiger charge is -2.27. The molecule has 1 heterocycles. The van der Waals surface area contributed by atoms with Gasteiger partial charge in [0, 0.05) is 17.6 Å². The molecule has 0 aromatic heterocycles. The minimum Gasteiger partial charge on any atom is -0.458 e. The van der Waals surface area contributed by atoms with Gasteiger partial charge in [0.25, 0.3) is 0 Å². The van der Waals surface area contributed by atoms with Gasteiger partial charge in [0.2, 0.25) is 0 Å². The number of hydrogen-bond donors (Lipinski definition) is 1. The van der Waals surface area contributed by atoms with Gasteiger partial charge in [-0.3, -0.25) is 4.79 Å². The quantitative estimate of drug-likeness (QED) is 0.358. The molecule has 1 saturated heterocycles. The Balaban J connectivity index is 2.45. The molecule has 1 aliphatic heterocycles. The molecule has 1 aliphatic carbocycles. The van der Waals surface area contributed by atoms with Crippen LogP contribution in [0.15, 0.2) is 47.1 Å². The number of rotatable bonds is 4. The number of ether oxygens (including phenoxy) is 2. The second kappa shape index (κ2) is 8.76. The number of fused-ring (bicyclic) bond motifs is 1. The molecule has 6 heteroatoms. The summed E-state index contributed by atoms with van der Waals surface area (Å²) in [6, 6.07) is 0. The summed E-state index contributed by atoms with van der Waals surface area (Å²) in [6.45, 7) is 6.96. The van der Waals surface area contributed by atoms with Crippen LogP contribution in [0, 0.1) is 5.92 Å². The minimum absolute atomic E-state index is 0.172. The van der Waals surface area contributed by atoms with Crippen molar-refractivity contribution in [3.8, 4) is 0 Å². The maximum absolute atomic E-state index is 12.3. The summed E-state index contributed by atoms with van der Waals surface area (Å²) in [7, 11) is 0. The van der Waals surface area contributed by atoms with Crippen LogP contribution in [-0.4, -0.2) is 42.1 Å². The van der Waals surface area contributed by atoms with Gasteiger partial charge in [-0.1, -0.05) is 18.7 Å². The lowest BCUT2D eigenvalue weighted by Crippen LogP contribution is -2.34. The Morgan fingerprint density at radius 1 is 1.50 bits per heavy atom. The Bertz CT molecular complexity index is 697. The molecule has 6 nitrogen and oxygen atoms in total. The number of carbonyl (C=O) groups excluding carboxylic acids is 3. The molecule has 0 aromatic carbocycles. The number of aliphatic hydroxyl groups is 1. The molecule has 2 rings (SSSR count). The predicted molar refractivity (Wildman–Crippen MR) is 95.0 cm³/mol. The van der Waals surface area contributed by atoms with Crippen LogP contribution in [0.5, 0.6) is 0 Å². The van der Waals surface area contributed by atoms with E-state index >= 15 is 0 Å². The van der Waals surface area contributed by atoms with Crippen LogP contribution in [0.4, 0.5) is 0 Å². The summed E-state index contributed by atoms with van der Waals surface area (Å²) in [5.74, 6) is -1.69. The van der Waals surface area contributed by atoms with Crippen molar-refractivity contribution < 1.29 is 29.0 Å². The van der Waals surface area contributed by atoms with Crippen LogP contribution < -0.4 is 0 Å². The van der Waals surface area contributed by atoms with E-state index in [4.69, 9.17) is 9.47 Å². The smallest absolute Gasteiger partial charge is 0.334 e. The van der Waals surface area contributed by atoms with E-state index < -0.39 is 30.1 Å². The number of esters is 2. The zero-order valence-electron chi connectivity index (χ0n) is 15.1. The highest BCUT2D eigenvalue weighted by molar-refractivity contribution is 5.92. The van der Waals surface area contributed by atoms with Crippen molar-refractivity contribution in [3.05, 3.63) is 47.1 Å². The normalized spacial score (nSPS) is 31.0.